The monoisotopic (exact) mass is 462 g/mol. The van der Waals surface area contributed by atoms with Gasteiger partial charge in [0.05, 0.1) is 37.2 Å². The summed E-state index contributed by atoms with van der Waals surface area (Å²) in [5.74, 6) is -5.67. The van der Waals surface area contributed by atoms with Crippen LogP contribution in [0, 0.1) is 11.2 Å². The van der Waals surface area contributed by atoms with Crippen molar-refractivity contribution < 1.29 is 50.0 Å². The maximum atomic E-state index is 14.8. The standard InChI is InChI=1S/C18H17ClF6O5/c1-2-3-15-8-27-18(28-9-15,29-10-15)17(24,25)30-11-6-12(19)14(13(20)7-11)26-5-4-16(21,22)23/h4-7H,2-3,8-10H2,1H3. The Bertz CT molecular complexity index is 765. The van der Waals surface area contributed by atoms with Crippen molar-refractivity contribution in [3.8, 4) is 11.5 Å². The van der Waals surface area contributed by atoms with Gasteiger partial charge in [0.1, 0.15) is 5.75 Å². The second-order valence-corrected chi connectivity index (χ2v) is 7.38. The SMILES string of the molecule is CCCC12COC(C(F)(F)Oc3cc(F)c(OC=CC(F)(F)F)c(Cl)c3)(OC1)OC2. The van der Waals surface area contributed by atoms with Gasteiger partial charge < -0.3 is 23.7 Å². The quantitative estimate of drug-likeness (QED) is 0.400. The van der Waals surface area contributed by atoms with Gasteiger partial charge in [-0.25, -0.2) is 4.39 Å². The lowest BCUT2D eigenvalue weighted by molar-refractivity contribution is -0.548. The van der Waals surface area contributed by atoms with Crippen molar-refractivity contribution in [1.29, 1.82) is 0 Å². The molecule has 3 aliphatic heterocycles. The van der Waals surface area contributed by atoms with E-state index in [9.17, 15) is 26.3 Å². The smallest absolute Gasteiger partial charge is 0.460 e. The molecule has 12 heteroatoms. The van der Waals surface area contributed by atoms with Crippen LogP contribution >= 0.6 is 11.6 Å². The Morgan fingerprint density at radius 2 is 1.70 bits per heavy atom. The lowest BCUT2D eigenvalue weighted by Crippen LogP contribution is -2.68. The topological polar surface area (TPSA) is 46.2 Å². The number of hydrogen-bond donors (Lipinski definition) is 0. The number of ether oxygens (including phenoxy) is 5. The molecule has 3 aliphatic rings. The molecule has 5 nitrogen and oxygen atoms in total. The van der Waals surface area contributed by atoms with Crippen molar-refractivity contribution in [3.05, 3.63) is 35.3 Å². The Morgan fingerprint density at radius 1 is 1.10 bits per heavy atom. The molecule has 3 fully saturated rings. The molecule has 3 saturated heterocycles. The molecule has 0 N–H and O–H groups in total. The molecular formula is C18H17ClF6O5. The fourth-order valence-corrected chi connectivity index (χ4v) is 3.33. The van der Waals surface area contributed by atoms with Crippen molar-refractivity contribution in [3.63, 3.8) is 0 Å². The number of halogens is 7. The molecule has 0 spiro atoms. The third kappa shape index (κ3) is 4.63. The molecule has 0 atom stereocenters. The lowest BCUT2D eigenvalue weighted by Gasteiger charge is -2.52. The van der Waals surface area contributed by atoms with Gasteiger partial charge in [-0.1, -0.05) is 24.9 Å². The summed E-state index contributed by atoms with van der Waals surface area (Å²) in [6.45, 7) is 1.82. The van der Waals surface area contributed by atoms with Crippen LogP contribution in [0.15, 0.2) is 24.5 Å². The third-order valence-corrected chi connectivity index (χ3v) is 4.78. The summed E-state index contributed by atoms with van der Waals surface area (Å²) in [5.41, 5.74) is -0.523. The van der Waals surface area contributed by atoms with E-state index >= 15 is 0 Å². The molecule has 0 aliphatic carbocycles. The van der Waals surface area contributed by atoms with Gasteiger partial charge in [0.15, 0.2) is 11.6 Å². The van der Waals surface area contributed by atoms with E-state index in [4.69, 9.17) is 25.8 Å². The van der Waals surface area contributed by atoms with Gasteiger partial charge in [0.25, 0.3) is 0 Å². The van der Waals surface area contributed by atoms with Crippen molar-refractivity contribution in [2.75, 3.05) is 19.8 Å². The van der Waals surface area contributed by atoms with Gasteiger partial charge in [0, 0.05) is 17.5 Å². The zero-order chi connectivity index (χ0) is 22.2. The van der Waals surface area contributed by atoms with Gasteiger partial charge in [-0.05, 0) is 6.42 Å². The maximum absolute atomic E-state index is 14.8. The van der Waals surface area contributed by atoms with Gasteiger partial charge in [-0.2, -0.15) is 22.0 Å². The zero-order valence-corrected chi connectivity index (χ0v) is 16.3. The van der Waals surface area contributed by atoms with Gasteiger partial charge in [-0.3, -0.25) is 0 Å². The third-order valence-electron chi connectivity index (χ3n) is 4.50. The van der Waals surface area contributed by atoms with Crippen LogP contribution in [0.5, 0.6) is 11.5 Å². The first-order valence-corrected chi connectivity index (χ1v) is 9.18. The van der Waals surface area contributed by atoms with Crippen LogP contribution < -0.4 is 9.47 Å². The Labute approximate surface area is 172 Å². The van der Waals surface area contributed by atoms with Crippen LogP contribution in [0.1, 0.15) is 19.8 Å². The fourth-order valence-electron chi connectivity index (χ4n) is 3.09. The summed E-state index contributed by atoms with van der Waals surface area (Å²) >= 11 is 5.73. The second kappa shape index (κ2) is 8.10. The molecule has 1 aromatic rings. The summed E-state index contributed by atoms with van der Waals surface area (Å²) in [4.78, 5) is 0. The van der Waals surface area contributed by atoms with Crippen molar-refractivity contribution in [2.45, 2.75) is 38.0 Å². The molecule has 1 aromatic carbocycles. The van der Waals surface area contributed by atoms with Gasteiger partial charge in [0.2, 0.25) is 0 Å². The molecule has 0 radical (unpaired) electrons. The van der Waals surface area contributed by atoms with E-state index in [1.54, 1.807) is 0 Å². The average Bonchev–Trinajstić information content (AvgIpc) is 2.64. The van der Waals surface area contributed by atoms with E-state index in [0.29, 0.717) is 12.5 Å². The van der Waals surface area contributed by atoms with E-state index in [-0.39, 0.29) is 32.2 Å². The highest BCUT2D eigenvalue weighted by atomic mass is 35.5. The highest BCUT2D eigenvalue weighted by molar-refractivity contribution is 6.32. The Morgan fingerprint density at radius 3 is 2.20 bits per heavy atom. The van der Waals surface area contributed by atoms with Crippen LogP contribution in [-0.4, -0.2) is 38.1 Å². The van der Waals surface area contributed by atoms with E-state index < -0.39 is 46.0 Å². The highest BCUT2D eigenvalue weighted by Crippen LogP contribution is 2.48. The predicted molar refractivity (Wildman–Crippen MR) is 90.7 cm³/mol. The molecule has 0 saturated carbocycles. The lowest BCUT2D eigenvalue weighted by atomic mass is 9.84. The van der Waals surface area contributed by atoms with Crippen molar-refractivity contribution >= 4 is 11.6 Å². The number of hydrogen-bond acceptors (Lipinski definition) is 5. The summed E-state index contributed by atoms with van der Waals surface area (Å²) in [6, 6.07) is 1.22. The van der Waals surface area contributed by atoms with Crippen LogP contribution in [0.25, 0.3) is 0 Å². The Hall–Kier alpha value is -1.69. The fraction of sp³-hybridized carbons (Fsp3) is 0.556. The van der Waals surface area contributed by atoms with Gasteiger partial charge >= 0.3 is 18.3 Å². The van der Waals surface area contributed by atoms with Crippen LogP contribution in [0.4, 0.5) is 26.3 Å². The van der Waals surface area contributed by atoms with E-state index in [1.807, 2.05) is 6.92 Å². The van der Waals surface area contributed by atoms with Crippen LogP contribution in [-0.2, 0) is 14.2 Å². The summed E-state index contributed by atoms with van der Waals surface area (Å²) in [6.07, 6.45) is -7.58. The summed E-state index contributed by atoms with van der Waals surface area (Å²) in [7, 11) is 0. The summed E-state index contributed by atoms with van der Waals surface area (Å²) < 4.78 is 104. The number of rotatable bonds is 7. The van der Waals surface area contributed by atoms with Crippen molar-refractivity contribution in [2.24, 2.45) is 5.41 Å². The normalized spacial score (nSPS) is 26.9. The molecule has 0 amide bonds. The molecule has 4 rings (SSSR count). The van der Waals surface area contributed by atoms with E-state index in [2.05, 4.69) is 9.47 Å². The Kier molecular flexibility index (Phi) is 6.21. The molecule has 168 valence electrons. The maximum Gasteiger partial charge on any atom is 0.484 e. The average molecular weight is 463 g/mol. The van der Waals surface area contributed by atoms with E-state index in [0.717, 1.165) is 12.5 Å². The Balaban J connectivity index is 1.74. The van der Waals surface area contributed by atoms with Gasteiger partial charge in [-0.15, -0.1) is 0 Å². The molecule has 3 heterocycles. The van der Waals surface area contributed by atoms with Crippen molar-refractivity contribution in [1.82, 2.24) is 0 Å². The van der Waals surface area contributed by atoms with E-state index in [1.165, 1.54) is 0 Å². The first kappa shape index (κ1) is 23.0. The van der Waals surface area contributed by atoms with Crippen LogP contribution in [0.2, 0.25) is 5.02 Å². The predicted octanol–water partition coefficient (Wildman–Crippen LogP) is 5.42. The van der Waals surface area contributed by atoms with Crippen LogP contribution in [0.3, 0.4) is 0 Å². The zero-order valence-electron chi connectivity index (χ0n) is 15.5. The number of alkyl halides is 5. The number of fused-ring (bicyclic) bond motifs is 3. The minimum Gasteiger partial charge on any atom is -0.460 e. The number of allylic oxidation sites excluding steroid dienone is 1. The molecule has 0 aromatic heterocycles. The highest BCUT2D eigenvalue weighted by Gasteiger charge is 2.68. The largest absolute Gasteiger partial charge is 0.484 e. The minimum atomic E-state index is -4.69. The molecular weight excluding hydrogens is 446 g/mol. The number of benzene rings is 1. The molecule has 0 unspecified atom stereocenters. The summed E-state index contributed by atoms with van der Waals surface area (Å²) in [5, 5.41) is -0.595. The first-order chi connectivity index (χ1) is 13.9. The molecule has 2 bridgehead atoms. The molecule has 30 heavy (non-hydrogen) atoms. The first-order valence-electron chi connectivity index (χ1n) is 8.80. The second-order valence-electron chi connectivity index (χ2n) is 6.97. The minimum absolute atomic E-state index is 0.0345.